The third kappa shape index (κ3) is 6.39. The molecule has 2 aromatic heterocycles. The number of thiophene rings is 1. The molecule has 1 fully saturated rings. The molecule has 36 heavy (non-hydrogen) atoms. The van der Waals surface area contributed by atoms with Crippen LogP contribution in [0.2, 0.25) is 0 Å². The zero-order valence-electron chi connectivity index (χ0n) is 20.5. The van der Waals surface area contributed by atoms with Crippen LogP contribution in [-0.2, 0) is 13.1 Å². The van der Waals surface area contributed by atoms with Gasteiger partial charge in [0.1, 0.15) is 6.10 Å². The topological polar surface area (TPSA) is 54.5 Å². The lowest BCUT2D eigenvalue weighted by atomic mass is 10.0. The van der Waals surface area contributed by atoms with Crippen molar-refractivity contribution in [1.82, 2.24) is 15.2 Å². The number of benzene rings is 2. The number of ether oxygens (including phenoxy) is 1. The fraction of sp³-hybridized carbons (Fsp3) is 0.267. The van der Waals surface area contributed by atoms with Crippen LogP contribution in [0.1, 0.15) is 38.5 Å². The van der Waals surface area contributed by atoms with Crippen LogP contribution in [0.5, 0.6) is 5.88 Å². The van der Waals surface area contributed by atoms with Gasteiger partial charge in [-0.25, -0.2) is 4.98 Å². The number of rotatable bonds is 8. The smallest absolute Gasteiger partial charge is 0.251 e. The fourth-order valence-corrected chi connectivity index (χ4v) is 5.39. The second-order valence-electron chi connectivity index (χ2n) is 9.24. The normalized spacial score (nSPS) is 14.5. The van der Waals surface area contributed by atoms with Crippen LogP contribution in [0.15, 0.2) is 85.1 Å². The quantitative estimate of drug-likeness (QED) is 0.320. The zero-order valence-corrected chi connectivity index (χ0v) is 21.3. The van der Waals surface area contributed by atoms with Gasteiger partial charge in [0, 0.05) is 53.8 Å². The summed E-state index contributed by atoms with van der Waals surface area (Å²) in [5.74, 6) is 0.549. The molecular weight excluding hydrogens is 466 g/mol. The van der Waals surface area contributed by atoms with Crippen molar-refractivity contribution in [2.45, 2.75) is 39.0 Å². The molecule has 0 atom stereocenters. The molecule has 1 N–H and O–H groups in total. The standard InChI is InChI=1S/C30H31N3O2S/c1-22-7-13-28(36-22)21-33-17-15-27(16-18-33)35-29-14-8-23(19-31-29)20-32-30(34)26-11-9-25(10-12-26)24-5-3-2-4-6-24/h2-14,19,27H,15-18,20-21H2,1H3,(H,32,34). The molecule has 2 aromatic carbocycles. The van der Waals surface area contributed by atoms with Crippen LogP contribution in [-0.4, -0.2) is 35.0 Å². The van der Waals surface area contributed by atoms with Crippen LogP contribution >= 0.6 is 11.3 Å². The van der Waals surface area contributed by atoms with Crippen LogP contribution in [0.3, 0.4) is 0 Å². The average molecular weight is 498 g/mol. The Labute approximate surface area is 216 Å². The number of amides is 1. The van der Waals surface area contributed by atoms with Crippen molar-refractivity contribution in [3.8, 4) is 17.0 Å². The molecule has 6 heteroatoms. The number of aryl methyl sites for hydroxylation is 1. The average Bonchev–Trinajstić information content (AvgIpc) is 3.34. The maximum atomic E-state index is 12.6. The predicted octanol–water partition coefficient (Wildman–Crippen LogP) is 6.09. The summed E-state index contributed by atoms with van der Waals surface area (Å²) in [6.07, 6.45) is 3.99. The fourth-order valence-electron chi connectivity index (χ4n) is 4.46. The molecule has 5 rings (SSSR count). The van der Waals surface area contributed by atoms with E-state index in [2.05, 4.69) is 46.4 Å². The summed E-state index contributed by atoms with van der Waals surface area (Å²) in [5.41, 5.74) is 3.81. The highest BCUT2D eigenvalue weighted by Gasteiger charge is 2.21. The van der Waals surface area contributed by atoms with E-state index in [0.29, 0.717) is 18.0 Å². The Bertz CT molecular complexity index is 1260. The lowest BCUT2D eigenvalue weighted by Crippen LogP contribution is -2.37. The number of hydrogen-bond acceptors (Lipinski definition) is 5. The summed E-state index contributed by atoms with van der Waals surface area (Å²) in [4.78, 5) is 22.4. The van der Waals surface area contributed by atoms with E-state index in [0.717, 1.165) is 49.2 Å². The van der Waals surface area contributed by atoms with E-state index >= 15 is 0 Å². The van der Waals surface area contributed by atoms with Crippen LogP contribution in [0.4, 0.5) is 0 Å². The summed E-state index contributed by atoms with van der Waals surface area (Å²) >= 11 is 1.88. The number of nitrogens with zero attached hydrogens (tertiary/aromatic N) is 2. The number of piperidine rings is 1. The molecular formula is C30H31N3O2S. The lowest BCUT2D eigenvalue weighted by molar-refractivity contribution is 0.0937. The van der Waals surface area contributed by atoms with Crippen LogP contribution in [0, 0.1) is 6.92 Å². The molecule has 5 nitrogen and oxygen atoms in total. The molecule has 1 aliphatic heterocycles. The van der Waals surface area contributed by atoms with Gasteiger partial charge >= 0.3 is 0 Å². The van der Waals surface area contributed by atoms with Crippen molar-refractivity contribution in [2.24, 2.45) is 0 Å². The minimum Gasteiger partial charge on any atom is -0.474 e. The Morgan fingerprint density at radius 2 is 1.72 bits per heavy atom. The van der Waals surface area contributed by atoms with E-state index in [1.165, 1.54) is 9.75 Å². The van der Waals surface area contributed by atoms with Crippen molar-refractivity contribution in [3.05, 3.63) is 106 Å². The highest BCUT2D eigenvalue weighted by molar-refractivity contribution is 7.11. The Morgan fingerprint density at radius 3 is 2.39 bits per heavy atom. The van der Waals surface area contributed by atoms with Gasteiger partial charge in [-0.05, 0) is 60.7 Å². The number of nitrogens with one attached hydrogen (secondary N) is 1. The maximum Gasteiger partial charge on any atom is 0.251 e. The third-order valence-electron chi connectivity index (χ3n) is 6.50. The summed E-state index contributed by atoms with van der Waals surface area (Å²) in [6.45, 7) is 5.69. The van der Waals surface area contributed by atoms with Gasteiger partial charge in [0.2, 0.25) is 5.88 Å². The van der Waals surface area contributed by atoms with Crippen molar-refractivity contribution in [3.63, 3.8) is 0 Å². The highest BCUT2D eigenvalue weighted by atomic mass is 32.1. The minimum absolute atomic E-state index is 0.0978. The second-order valence-corrected chi connectivity index (χ2v) is 10.6. The molecule has 0 bridgehead atoms. The Morgan fingerprint density at radius 1 is 0.972 bits per heavy atom. The molecule has 1 amide bonds. The number of carbonyl (C=O) groups excluding carboxylic acids is 1. The first kappa shape index (κ1) is 24.2. The van der Waals surface area contributed by atoms with E-state index in [9.17, 15) is 4.79 Å². The van der Waals surface area contributed by atoms with E-state index in [-0.39, 0.29) is 12.0 Å². The lowest BCUT2D eigenvalue weighted by Gasteiger charge is -2.31. The summed E-state index contributed by atoms with van der Waals surface area (Å²) in [6, 6.07) is 26.1. The number of carbonyl (C=O) groups is 1. The van der Waals surface area contributed by atoms with Gasteiger partial charge < -0.3 is 10.1 Å². The maximum absolute atomic E-state index is 12.6. The first-order valence-corrected chi connectivity index (χ1v) is 13.3. The molecule has 4 aromatic rings. The first-order chi connectivity index (χ1) is 17.6. The van der Waals surface area contributed by atoms with Gasteiger partial charge in [-0.2, -0.15) is 0 Å². The van der Waals surface area contributed by atoms with Gasteiger partial charge in [-0.3, -0.25) is 9.69 Å². The molecule has 0 aliphatic carbocycles. The molecule has 0 unspecified atom stereocenters. The van der Waals surface area contributed by atoms with E-state index < -0.39 is 0 Å². The summed E-state index contributed by atoms with van der Waals surface area (Å²) < 4.78 is 6.13. The van der Waals surface area contributed by atoms with Gasteiger partial charge in [0.15, 0.2) is 0 Å². The largest absolute Gasteiger partial charge is 0.474 e. The summed E-state index contributed by atoms with van der Waals surface area (Å²) in [5, 5.41) is 2.98. The Hall–Kier alpha value is -3.48. The molecule has 184 valence electrons. The number of aromatic nitrogens is 1. The number of hydrogen-bond donors (Lipinski definition) is 1. The highest BCUT2D eigenvalue weighted by Crippen LogP contribution is 2.22. The van der Waals surface area contributed by atoms with Gasteiger partial charge in [-0.1, -0.05) is 48.5 Å². The van der Waals surface area contributed by atoms with Crippen LogP contribution in [0.25, 0.3) is 11.1 Å². The first-order valence-electron chi connectivity index (χ1n) is 12.5. The van der Waals surface area contributed by atoms with Crippen molar-refractivity contribution >= 4 is 17.2 Å². The van der Waals surface area contributed by atoms with Crippen molar-refractivity contribution in [2.75, 3.05) is 13.1 Å². The third-order valence-corrected chi connectivity index (χ3v) is 7.49. The van der Waals surface area contributed by atoms with Crippen molar-refractivity contribution < 1.29 is 9.53 Å². The second kappa shape index (κ2) is 11.5. The predicted molar refractivity (Wildman–Crippen MR) is 145 cm³/mol. The van der Waals surface area contributed by atoms with E-state index in [4.69, 9.17) is 4.74 Å². The number of likely N-dealkylation sites (tertiary alicyclic amines) is 1. The molecule has 0 saturated carbocycles. The van der Waals surface area contributed by atoms with Gasteiger partial charge in [0.25, 0.3) is 5.91 Å². The molecule has 3 heterocycles. The molecule has 0 radical (unpaired) electrons. The van der Waals surface area contributed by atoms with Gasteiger partial charge in [-0.15, -0.1) is 11.3 Å². The molecule has 0 spiro atoms. The zero-order chi connectivity index (χ0) is 24.7. The monoisotopic (exact) mass is 497 g/mol. The molecule has 1 saturated heterocycles. The van der Waals surface area contributed by atoms with Gasteiger partial charge in [0.05, 0.1) is 0 Å². The van der Waals surface area contributed by atoms with Crippen molar-refractivity contribution in [1.29, 1.82) is 0 Å². The molecule has 1 aliphatic rings. The Kier molecular flexibility index (Phi) is 7.74. The minimum atomic E-state index is -0.0978. The summed E-state index contributed by atoms with van der Waals surface area (Å²) in [7, 11) is 0. The number of pyridine rings is 1. The van der Waals surface area contributed by atoms with E-state index in [1.54, 1.807) is 6.20 Å². The van der Waals surface area contributed by atoms with E-state index in [1.807, 2.05) is 65.9 Å². The SMILES string of the molecule is Cc1ccc(CN2CCC(Oc3ccc(CNC(=O)c4ccc(-c5ccccc5)cc4)cn3)CC2)s1. The Balaban J connectivity index is 1.06. The van der Waals surface area contributed by atoms with Crippen LogP contribution < -0.4 is 10.1 Å².